The summed E-state index contributed by atoms with van der Waals surface area (Å²) in [5.74, 6) is 1.58. The highest BCUT2D eigenvalue weighted by molar-refractivity contribution is 5.23. The quantitative estimate of drug-likeness (QED) is 0.707. The predicted molar refractivity (Wildman–Crippen MR) is 51.9 cm³/mol. The summed E-state index contributed by atoms with van der Waals surface area (Å²) in [6.07, 6.45) is 2.65. The van der Waals surface area contributed by atoms with Gasteiger partial charge in [0.05, 0.1) is 6.61 Å². The lowest BCUT2D eigenvalue weighted by Crippen LogP contribution is -2.01. The molecular weight excluding hydrogens is 162 g/mol. The highest BCUT2D eigenvalue weighted by atomic mass is 16.5. The number of pyridine rings is 1. The Kier molecular flexibility index (Phi) is 2.21. The summed E-state index contributed by atoms with van der Waals surface area (Å²) in [4.78, 5) is 4.31. The lowest BCUT2D eigenvalue weighted by molar-refractivity contribution is 0.288. The molecular formula is C11H15NO. The smallest absolute Gasteiger partial charge is 0.213 e. The van der Waals surface area contributed by atoms with Crippen molar-refractivity contribution in [3.63, 3.8) is 0 Å². The molecule has 1 heterocycles. The van der Waals surface area contributed by atoms with Crippen molar-refractivity contribution in [1.82, 2.24) is 4.98 Å². The largest absolute Gasteiger partial charge is 0.477 e. The lowest BCUT2D eigenvalue weighted by Gasteiger charge is -2.05. The first-order valence-electron chi connectivity index (χ1n) is 4.82. The normalized spacial score (nSPS) is 15.8. The van der Waals surface area contributed by atoms with Gasteiger partial charge < -0.3 is 4.74 Å². The molecule has 0 aromatic carbocycles. The van der Waals surface area contributed by atoms with Crippen LogP contribution in [0, 0.1) is 19.8 Å². The average molecular weight is 177 g/mol. The zero-order chi connectivity index (χ0) is 9.26. The molecule has 2 nitrogen and oxygen atoms in total. The summed E-state index contributed by atoms with van der Waals surface area (Å²) in [6.45, 7) is 4.91. The number of aryl methyl sites for hydroxylation is 2. The molecule has 0 aliphatic heterocycles. The minimum Gasteiger partial charge on any atom is -0.477 e. The minimum absolute atomic E-state index is 0.782. The lowest BCUT2D eigenvalue weighted by atomic mass is 10.2. The molecule has 1 aliphatic carbocycles. The van der Waals surface area contributed by atoms with Gasteiger partial charge in [-0.05, 0) is 44.2 Å². The van der Waals surface area contributed by atoms with Crippen molar-refractivity contribution in [3.05, 3.63) is 23.4 Å². The van der Waals surface area contributed by atoms with Crippen molar-refractivity contribution in [1.29, 1.82) is 0 Å². The fraction of sp³-hybridized carbons (Fsp3) is 0.545. The zero-order valence-corrected chi connectivity index (χ0v) is 8.21. The van der Waals surface area contributed by atoms with Gasteiger partial charge in [0.25, 0.3) is 0 Å². The first-order chi connectivity index (χ1) is 6.24. The van der Waals surface area contributed by atoms with E-state index in [1.165, 1.54) is 18.4 Å². The molecule has 13 heavy (non-hydrogen) atoms. The number of hydrogen-bond donors (Lipinski definition) is 0. The van der Waals surface area contributed by atoms with Crippen molar-refractivity contribution >= 4 is 0 Å². The molecule has 70 valence electrons. The molecule has 2 heteroatoms. The van der Waals surface area contributed by atoms with Crippen LogP contribution in [0.4, 0.5) is 0 Å². The monoisotopic (exact) mass is 177 g/mol. The van der Waals surface area contributed by atoms with Crippen LogP contribution in [0.2, 0.25) is 0 Å². The Morgan fingerprint density at radius 2 is 2.15 bits per heavy atom. The maximum Gasteiger partial charge on any atom is 0.213 e. The van der Waals surface area contributed by atoms with E-state index < -0.39 is 0 Å². The van der Waals surface area contributed by atoms with E-state index in [0.717, 1.165) is 24.1 Å². The topological polar surface area (TPSA) is 22.1 Å². The second-order valence-corrected chi connectivity index (χ2v) is 3.88. The van der Waals surface area contributed by atoms with E-state index in [4.69, 9.17) is 4.74 Å². The molecule has 0 radical (unpaired) electrons. The molecule has 2 rings (SSSR count). The van der Waals surface area contributed by atoms with E-state index >= 15 is 0 Å². The van der Waals surface area contributed by atoms with Crippen molar-refractivity contribution in [3.8, 4) is 5.88 Å². The summed E-state index contributed by atoms with van der Waals surface area (Å²) < 4.78 is 5.58. The molecule has 0 N–H and O–H groups in total. The highest BCUT2D eigenvalue weighted by Gasteiger charge is 2.22. The molecule has 0 unspecified atom stereocenters. The van der Waals surface area contributed by atoms with Gasteiger partial charge in [0, 0.05) is 11.8 Å². The molecule has 1 fully saturated rings. The predicted octanol–water partition coefficient (Wildman–Crippen LogP) is 2.49. The van der Waals surface area contributed by atoms with Gasteiger partial charge >= 0.3 is 0 Å². The maximum absolute atomic E-state index is 5.58. The van der Waals surface area contributed by atoms with Crippen LogP contribution in [0.25, 0.3) is 0 Å². The van der Waals surface area contributed by atoms with Gasteiger partial charge in [-0.2, -0.15) is 0 Å². The second kappa shape index (κ2) is 3.36. The molecule has 0 saturated heterocycles. The number of aromatic nitrogens is 1. The van der Waals surface area contributed by atoms with Crippen LogP contribution in [-0.2, 0) is 0 Å². The SMILES string of the molecule is Cc1cc(C)nc(OCC2CC2)c1. The third-order valence-corrected chi connectivity index (χ3v) is 2.24. The molecule has 1 aliphatic rings. The van der Waals surface area contributed by atoms with E-state index in [2.05, 4.69) is 18.0 Å². The first-order valence-corrected chi connectivity index (χ1v) is 4.82. The third-order valence-electron chi connectivity index (χ3n) is 2.24. The molecule has 0 amide bonds. The maximum atomic E-state index is 5.58. The molecule has 1 saturated carbocycles. The Bertz CT molecular complexity index is 285. The van der Waals surface area contributed by atoms with Crippen LogP contribution in [0.1, 0.15) is 24.1 Å². The van der Waals surface area contributed by atoms with Crippen molar-refractivity contribution in [2.75, 3.05) is 6.61 Å². The Hall–Kier alpha value is -1.05. The van der Waals surface area contributed by atoms with Crippen LogP contribution < -0.4 is 4.74 Å². The average Bonchev–Trinajstić information content (AvgIpc) is 2.81. The van der Waals surface area contributed by atoms with Gasteiger partial charge in [-0.3, -0.25) is 0 Å². The van der Waals surface area contributed by atoms with Crippen LogP contribution >= 0.6 is 0 Å². The van der Waals surface area contributed by atoms with Gasteiger partial charge in [0.1, 0.15) is 0 Å². The number of ether oxygens (including phenoxy) is 1. The fourth-order valence-electron chi connectivity index (χ4n) is 1.37. The van der Waals surface area contributed by atoms with E-state index in [0.29, 0.717) is 0 Å². The van der Waals surface area contributed by atoms with Crippen molar-refractivity contribution < 1.29 is 4.74 Å². The first kappa shape index (κ1) is 8.54. The van der Waals surface area contributed by atoms with Gasteiger partial charge in [-0.1, -0.05) is 0 Å². The molecule has 1 aromatic heterocycles. The third kappa shape index (κ3) is 2.44. The van der Waals surface area contributed by atoms with E-state index in [1.54, 1.807) is 0 Å². The van der Waals surface area contributed by atoms with Gasteiger partial charge in [-0.15, -0.1) is 0 Å². The van der Waals surface area contributed by atoms with E-state index in [-0.39, 0.29) is 0 Å². The number of nitrogens with zero attached hydrogens (tertiary/aromatic N) is 1. The number of hydrogen-bond acceptors (Lipinski definition) is 2. The number of rotatable bonds is 3. The van der Waals surface area contributed by atoms with Crippen LogP contribution in [0.3, 0.4) is 0 Å². The van der Waals surface area contributed by atoms with Crippen LogP contribution in [0.5, 0.6) is 5.88 Å². The van der Waals surface area contributed by atoms with Crippen molar-refractivity contribution in [2.45, 2.75) is 26.7 Å². The molecule has 0 bridgehead atoms. The van der Waals surface area contributed by atoms with Gasteiger partial charge in [0.15, 0.2) is 0 Å². The fourth-order valence-corrected chi connectivity index (χ4v) is 1.37. The van der Waals surface area contributed by atoms with Crippen molar-refractivity contribution in [2.24, 2.45) is 5.92 Å². The summed E-state index contributed by atoms with van der Waals surface area (Å²) >= 11 is 0. The Balaban J connectivity index is 2.01. The summed E-state index contributed by atoms with van der Waals surface area (Å²) in [7, 11) is 0. The zero-order valence-electron chi connectivity index (χ0n) is 8.21. The van der Waals surface area contributed by atoms with Crippen LogP contribution in [-0.4, -0.2) is 11.6 Å². The second-order valence-electron chi connectivity index (χ2n) is 3.88. The molecule has 1 aromatic rings. The summed E-state index contributed by atoms with van der Waals surface area (Å²) in [5.41, 5.74) is 2.25. The Morgan fingerprint density at radius 3 is 2.77 bits per heavy atom. The standard InChI is InChI=1S/C11H15NO/c1-8-5-9(2)12-11(6-8)13-7-10-3-4-10/h5-6,10H,3-4,7H2,1-2H3. The minimum atomic E-state index is 0.782. The van der Waals surface area contributed by atoms with Gasteiger partial charge in [-0.25, -0.2) is 4.98 Å². The van der Waals surface area contributed by atoms with Crippen LogP contribution in [0.15, 0.2) is 12.1 Å². The molecule has 0 spiro atoms. The molecule has 0 atom stereocenters. The summed E-state index contributed by atoms with van der Waals surface area (Å²) in [5, 5.41) is 0. The van der Waals surface area contributed by atoms with E-state index in [9.17, 15) is 0 Å². The highest BCUT2D eigenvalue weighted by Crippen LogP contribution is 2.29. The van der Waals surface area contributed by atoms with Gasteiger partial charge in [0.2, 0.25) is 5.88 Å². The Labute approximate surface area is 78.9 Å². The Morgan fingerprint density at radius 1 is 1.38 bits per heavy atom. The van der Waals surface area contributed by atoms with E-state index in [1.807, 2.05) is 13.0 Å². The summed E-state index contributed by atoms with van der Waals surface area (Å²) in [6, 6.07) is 4.05.